The summed E-state index contributed by atoms with van der Waals surface area (Å²) in [6, 6.07) is 12.9. The number of halogens is 1. The molecule has 0 atom stereocenters. The molecule has 1 heterocycles. The molecule has 0 aliphatic heterocycles. The van der Waals surface area contributed by atoms with Crippen molar-refractivity contribution in [2.24, 2.45) is 0 Å². The first-order chi connectivity index (χ1) is 10.1. The van der Waals surface area contributed by atoms with Crippen LogP contribution in [-0.2, 0) is 6.61 Å². The summed E-state index contributed by atoms with van der Waals surface area (Å²) in [5, 5.41) is 1.36. The summed E-state index contributed by atoms with van der Waals surface area (Å²) in [7, 11) is 0. The van der Waals surface area contributed by atoms with Gasteiger partial charge in [-0.2, -0.15) is 4.98 Å². The quantitative estimate of drug-likeness (QED) is 0.776. The van der Waals surface area contributed by atoms with Crippen molar-refractivity contribution in [1.82, 2.24) is 9.97 Å². The minimum Gasteiger partial charge on any atom is -0.488 e. The van der Waals surface area contributed by atoms with E-state index in [4.69, 9.17) is 27.8 Å². The molecule has 3 rings (SSSR count). The van der Waals surface area contributed by atoms with Crippen molar-refractivity contribution in [3.8, 4) is 5.75 Å². The molecule has 0 spiro atoms. The number of hydrogen-bond acceptors (Lipinski definition) is 5. The summed E-state index contributed by atoms with van der Waals surface area (Å²) in [4.78, 5) is 8.13. The fraction of sp³-hybridized carbons (Fsp3) is 0.0667. The molecule has 0 saturated heterocycles. The van der Waals surface area contributed by atoms with E-state index in [0.29, 0.717) is 34.1 Å². The summed E-state index contributed by atoms with van der Waals surface area (Å²) < 4.78 is 5.82. The third kappa shape index (κ3) is 2.83. The van der Waals surface area contributed by atoms with Crippen LogP contribution in [0.5, 0.6) is 5.75 Å². The molecule has 0 unspecified atom stereocenters. The summed E-state index contributed by atoms with van der Waals surface area (Å²) in [5.41, 5.74) is 13.2. The first-order valence-electron chi connectivity index (χ1n) is 6.32. The van der Waals surface area contributed by atoms with Crippen LogP contribution in [0.25, 0.3) is 10.9 Å². The van der Waals surface area contributed by atoms with E-state index in [2.05, 4.69) is 9.97 Å². The number of rotatable bonds is 3. The molecule has 1 aromatic heterocycles. The van der Waals surface area contributed by atoms with Gasteiger partial charge in [0.2, 0.25) is 5.95 Å². The molecule has 0 bridgehead atoms. The number of nitrogen functional groups attached to an aromatic ring is 2. The van der Waals surface area contributed by atoms with Gasteiger partial charge in [0.25, 0.3) is 0 Å². The Morgan fingerprint density at radius 2 is 1.76 bits per heavy atom. The van der Waals surface area contributed by atoms with Gasteiger partial charge in [-0.3, -0.25) is 0 Å². The second-order valence-corrected chi connectivity index (χ2v) is 4.97. The Balaban J connectivity index is 1.92. The van der Waals surface area contributed by atoms with Gasteiger partial charge in [0.15, 0.2) is 0 Å². The normalized spacial score (nSPS) is 10.7. The van der Waals surface area contributed by atoms with E-state index in [0.717, 1.165) is 5.56 Å². The fourth-order valence-corrected chi connectivity index (χ4v) is 2.19. The number of nitrogens with two attached hydrogens (primary N) is 2. The average molecular weight is 301 g/mol. The lowest BCUT2D eigenvalue weighted by atomic mass is 10.2. The van der Waals surface area contributed by atoms with Gasteiger partial charge in [0, 0.05) is 5.02 Å². The van der Waals surface area contributed by atoms with E-state index in [1.54, 1.807) is 0 Å². The van der Waals surface area contributed by atoms with Gasteiger partial charge in [-0.25, -0.2) is 4.98 Å². The molecule has 0 radical (unpaired) electrons. The van der Waals surface area contributed by atoms with Crippen LogP contribution >= 0.6 is 11.6 Å². The summed E-state index contributed by atoms with van der Waals surface area (Å²) >= 11 is 5.86. The average Bonchev–Trinajstić information content (AvgIpc) is 2.46. The number of anilines is 2. The molecule has 0 aliphatic carbocycles. The summed E-state index contributed by atoms with van der Waals surface area (Å²) in [6.45, 7) is 0.403. The zero-order valence-corrected chi connectivity index (χ0v) is 11.8. The van der Waals surface area contributed by atoms with Crippen molar-refractivity contribution in [3.05, 3.63) is 53.1 Å². The van der Waals surface area contributed by atoms with E-state index in [1.165, 1.54) is 0 Å². The van der Waals surface area contributed by atoms with E-state index >= 15 is 0 Å². The number of nitrogens with zero attached hydrogens (tertiary/aromatic N) is 2. The Morgan fingerprint density at radius 3 is 2.52 bits per heavy atom. The Kier molecular flexibility index (Phi) is 3.50. The number of ether oxygens (including phenoxy) is 1. The largest absolute Gasteiger partial charge is 0.488 e. The third-order valence-electron chi connectivity index (χ3n) is 3.04. The molecule has 0 saturated carbocycles. The highest BCUT2D eigenvalue weighted by Gasteiger charge is 2.09. The van der Waals surface area contributed by atoms with Crippen LogP contribution in [0.1, 0.15) is 5.56 Å². The zero-order valence-electron chi connectivity index (χ0n) is 11.1. The molecule has 0 fully saturated rings. The minimum absolute atomic E-state index is 0.148. The Labute approximate surface area is 126 Å². The first kappa shape index (κ1) is 13.5. The Morgan fingerprint density at radius 1 is 1.00 bits per heavy atom. The van der Waals surface area contributed by atoms with Crippen molar-refractivity contribution in [3.63, 3.8) is 0 Å². The van der Waals surface area contributed by atoms with Crippen LogP contribution in [0.4, 0.5) is 11.8 Å². The van der Waals surface area contributed by atoms with Crippen molar-refractivity contribution < 1.29 is 4.74 Å². The summed E-state index contributed by atoms with van der Waals surface area (Å²) in [6.07, 6.45) is 0. The molecule has 6 heteroatoms. The van der Waals surface area contributed by atoms with Gasteiger partial charge in [0.1, 0.15) is 18.2 Å². The topological polar surface area (TPSA) is 87.0 Å². The third-order valence-corrected chi connectivity index (χ3v) is 3.29. The van der Waals surface area contributed by atoms with Crippen LogP contribution in [0.3, 0.4) is 0 Å². The van der Waals surface area contributed by atoms with Gasteiger partial charge < -0.3 is 16.2 Å². The highest BCUT2D eigenvalue weighted by Crippen LogP contribution is 2.29. The van der Waals surface area contributed by atoms with E-state index in [-0.39, 0.29) is 5.95 Å². The van der Waals surface area contributed by atoms with Crippen molar-refractivity contribution in [1.29, 1.82) is 0 Å². The van der Waals surface area contributed by atoms with Crippen LogP contribution in [0.15, 0.2) is 42.5 Å². The second kappa shape index (κ2) is 5.46. The lowest BCUT2D eigenvalue weighted by Crippen LogP contribution is -2.03. The Bertz CT molecular complexity index is 790. The maximum atomic E-state index is 5.92. The van der Waals surface area contributed by atoms with Crippen molar-refractivity contribution in [2.45, 2.75) is 6.61 Å². The molecule has 0 amide bonds. The van der Waals surface area contributed by atoms with Gasteiger partial charge in [0.05, 0.1) is 10.9 Å². The second-order valence-electron chi connectivity index (χ2n) is 4.53. The maximum Gasteiger partial charge on any atom is 0.222 e. The molecular weight excluding hydrogens is 288 g/mol. The molecule has 106 valence electrons. The molecule has 4 N–H and O–H groups in total. The molecule has 3 aromatic rings. The van der Waals surface area contributed by atoms with Crippen LogP contribution < -0.4 is 16.2 Å². The predicted molar refractivity (Wildman–Crippen MR) is 84.1 cm³/mol. The molecule has 21 heavy (non-hydrogen) atoms. The van der Waals surface area contributed by atoms with Gasteiger partial charge >= 0.3 is 0 Å². The molecule has 5 nitrogen and oxygen atoms in total. The van der Waals surface area contributed by atoms with Gasteiger partial charge in [-0.1, -0.05) is 29.8 Å². The van der Waals surface area contributed by atoms with Crippen molar-refractivity contribution >= 4 is 34.3 Å². The Hall–Kier alpha value is -2.53. The number of benzene rings is 2. The van der Waals surface area contributed by atoms with Crippen LogP contribution in [0, 0.1) is 0 Å². The number of fused-ring (bicyclic) bond motifs is 1. The SMILES string of the molecule is Nc1nc(N)c2c(OCc3ccc(Cl)cc3)cccc2n1. The number of aromatic nitrogens is 2. The molecular formula is C15H13ClN4O. The fourth-order valence-electron chi connectivity index (χ4n) is 2.06. The minimum atomic E-state index is 0.148. The van der Waals surface area contributed by atoms with E-state index in [9.17, 15) is 0 Å². The molecule has 0 aliphatic rings. The lowest BCUT2D eigenvalue weighted by Gasteiger charge is -2.10. The monoisotopic (exact) mass is 300 g/mol. The van der Waals surface area contributed by atoms with Gasteiger partial charge in [-0.15, -0.1) is 0 Å². The molecule has 2 aromatic carbocycles. The van der Waals surface area contributed by atoms with E-state index in [1.807, 2.05) is 42.5 Å². The maximum absolute atomic E-state index is 5.92. The summed E-state index contributed by atoms with van der Waals surface area (Å²) in [5.74, 6) is 1.08. The predicted octanol–water partition coefficient (Wildman–Crippen LogP) is 3.03. The van der Waals surface area contributed by atoms with Crippen molar-refractivity contribution in [2.75, 3.05) is 11.5 Å². The standard InChI is InChI=1S/C15H13ClN4O/c16-10-6-4-9(5-7-10)8-21-12-3-1-2-11-13(12)14(17)20-15(18)19-11/h1-7H,8H2,(H4,17,18,19,20). The van der Waals surface area contributed by atoms with Crippen LogP contribution in [0.2, 0.25) is 5.02 Å². The zero-order chi connectivity index (χ0) is 14.8. The van der Waals surface area contributed by atoms with Gasteiger partial charge in [-0.05, 0) is 29.8 Å². The lowest BCUT2D eigenvalue weighted by molar-refractivity contribution is 0.310. The smallest absolute Gasteiger partial charge is 0.222 e. The highest BCUT2D eigenvalue weighted by atomic mass is 35.5. The highest BCUT2D eigenvalue weighted by molar-refractivity contribution is 6.30. The first-order valence-corrected chi connectivity index (χ1v) is 6.70. The number of hydrogen-bond donors (Lipinski definition) is 2. The van der Waals surface area contributed by atoms with Crippen LogP contribution in [-0.4, -0.2) is 9.97 Å². The van der Waals surface area contributed by atoms with E-state index < -0.39 is 0 Å².